The van der Waals surface area contributed by atoms with Gasteiger partial charge in [0.15, 0.2) is 0 Å². The normalized spacial score (nSPS) is 24.4. The zero-order chi connectivity index (χ0) is 22.1. The van der Waals surface area contributed by atoms with E-state index in [1.54, 1.807) is 32.9 Å². The SMILES string of the molecule is CN(C)[C@@H]1CCN(C(=O)[C@H]2C[C@H](Oc3cccc(F)c3)CN2C(=O)OC(C)(C)C)C1. The van der Waals surface area contributed by atoms with Crippen LogP contribution in [0.5, 0.6) is 5.75 Å². The second-order valence-corrected chi connectivity index (χ2v) is 9.27. The molecule has 2 heterocycles. The number of benzene rings is 1. The summed E-state index contributed by atoms with van der Waals surface area (Å²) in [5, 5.41) is 0. The molecule has 0 unspecified atom stereocenters. The van der Waals surface area contributed by atoms with Crippen LogP contribution in [-0.4, -0.2) is 84.2 Å². The Bertz CT molecular complexity index is 780. The number of carbonyl (C=O) groups excluding carboxylic acids is 2. The zero-order valence-electron chi connectivity index (χ0n) is 18.4. The van der Waals surface area contributed by atoms with E-state index in [1.807, 2.05) is 19.0 Å². The summed E-state index contributed by atoms with van der Waals surface area (Å²) in [6.45, 7) is 6.89. The van der Waals surface area contributed by atoms with Crippen molar-refractivity contribution in [2.45, 2.75) is 57.4 Å². The monoisotopic (exact) mass is 421 g/mol. The van der Waals surface area contributed by atoms with E-state index < -0.39 is 29.7 Å². The predicted molar refractivity (Wildman–Crippen MR) is 111 cm³/mol. The third-order valence-electron chi connectivity index (χ3n) is 5.48. The van der Waals surface area contributed by atoms with Gasteiger partial charge < -0.3 is 19.3 Å². The molecule has 2 amide bonds. The lowest BCUT2D eigenvalue weighted by Crippen LogP contribution is -2.49. The van der Waals surface area contributed by atoms with Crippen molar-refractivity contribution in [2.24, 2.45) is 0 Å². The van der Waals surface area contributed by atoms with Gasteiger partial charge in [0.1, 0.15) is 29.3 Å². The van der Waals surface area contributed by atoms with Crippen LogP contribution in [0.25, 0.3) is 0 Å². The van der Waals surface area contributed by atoms with Gasteiger partial charge in [0.25, 0.3) is 0 Å². The minimum absolute atomic E-state index is 0.0875. The van der Waals surface area contributed by atoms with Crippen molar-refractivity contribution < 1.29 is 23.5 Å². The number of ether oxygens (including phenoxy) is 2. The molecule has 3 atom stereocenters. The van der Waals surface area contributed by atoms with Crippen LogP contribution in [-0.2, 0) is 9.53 Å². The molecule has 0 N–H and O–H groups in total. The first-order chi connectivity index (χ1) is 14.0. The van der Waals surface area contributed by atoms with Crippen molar-refractivity contribution in [2.75, 3.05) is 33.7 Å². The van der Waals surface area contributed by atoms with Gasteiger partial charge in [-0.2, -0.15) is 0 Å². The molecule has 0 aliphatic carbocycles. The van der Waals surface area contributed by atoms with Gasteiger partial charge >= 0.3 is 6.09 Å². The van der Waals surface area contributed by atoms with E-state index in [0.29, 0.717) is 31.3 Å². The number of amides is 2. The van der Waals surface area contributed by atoms with E-state index in [0.717, 1.165) is 6.42 Å². The van der Waals surface area contributed by atoms with Gasteiger partial charge in [-0.15, -0.1) is 0 Å². The number of hydrogen-bond donors (Lipinski definition) is 0. The number of carbonyl (C=O) groups is 2. The molecule has 0 radical (unpaired) electrons. The van der Waals surface area contributed by atoms with E-state index in [2.05, 4.69) is 4.90 Å². The van der Waals surface area contributed by atoms with E-state index >= 15 is 0 Å². The number of likely N-dealkylation sites (tertiary alicyclic amines) is 2. The molecule has 30 heavy (non-hydrogen) atoms. The van der Waals surface area contributed by atoms with Crippen LogP contribution in [0, 0.1) is 5.82 Å². The topological polar surface area (TPSA) is 62.3 Å². The van der Waals surface area contributed by atoms with Crippen LogP contribution in [0.2, 0.25) is 0 Å². The van der Waals surface area contributed by atoms with Crippen molar-refractivity contribution in [3.05, 3.63) is 30.1 Å². The number of nitrogens with zero attached hydrogens (tertiary/aromatic N) is 3. The quantitative estimate of drug-likeness (QED) is 0.748. The molecule has 0 spiro atoms. The molecular weight excluding hydrogens is 389 g/mol. The van der Waals surface area contributed by atoms with Crippen LogP contribution in [0.4, 0.5) is 9.18 Å². The predicted octanol–water partition coefficient (Wildman–Crippen LogP) is 2.75. The zero-order valence-corrected chi connectivity index (χ0v) is 18.4. The Kier molecular flexibility index (Phi) is 6.55. The minimum atomic E-state index is -0.671. The maximum atomic E-state index is 13.5. The highest BCUT2D eigenvalue weighted by Crippen LogP contribution is 2.28. The third-order valence-corrected chi connectivity index (χ3v) is 5.48. The minimum Gasteiger partial charge on any atom is -0.488 e. The maximum absolute atomic E-state index is 13.5. The van der Waals surface area contributed by atoms with Gasteiger partial charge in [-0.05, 0) is 53.4 Å². The molecular formula is C22H32FN3O4. The fraction of sp³-hybridized carbons (Fsp3) is 0.636. The lowest BCUT2D eigenvalue weighted by atomic mass is 10.1. The Morgan fingerprint density at radius 2 is 1.93 bits per heavy atom. The van der Waals surface area contributed by atoms with Crippen molar-refractivity contribution in [1.29, 1.82) is 0 Å². The Labute approximate surface area is 177 Å². The molecule has 2 fully saturated rings. The van der Waals surface area contributed by atoms with Crippen LogP contribution >= 0.6 is 0 Å². The molecule has 0 saturated carbocycles. The average Bonchev–Trinajstić information content (AvgIpc) is 3.27. The van der Waals surface area contributed by atoms with Crippen molar-refractivity contribution >= 4 is 12.0 Å². The van der Waals surface area contributed by atoms with Gasteiger partial charge in [-0.25, -0.2) is 9.18 Å². The Morgan fingerprint density at radius 3 is 2.53 bits per heavy atom. The summed E-state index contributed by atoms with van der Waals surface area (Å²) in [4.78, 5) is 31.5. The number of hydrogen-bond acceptors (Lipinski definition) is 5. The Morgan fingerprint density at radius 1 is 1.20 bits per heavy atom. The maximum Gasteiger partial charge on any atom is 0.411 e. The fourth-order valence-corrected chi connectivity index (χ4v) is 3.95. The lowest BCUT2D eigenvalue weighted by molar-refractivity contribution is -0.135. The molecule has 0 bridgehead atoms. The molecule has 0 aromatic heterocycles. The van der Waals surface area contributed by atoms with Crippen LogP contribution in [0.1, 0.15) is 33.6 Å². The highest BCUT2D eigenvalue weighted by molar-refractivity contribution is 5.86. The largest absolute Gasteiger partial charge is 0.488 e. The van der Waals surface area contributed by atoms with Crippen LogP contribution < -0.4 is 4.74 Å². The van der Waals surface area contributed by atoms with Gasteiger partial charge in [0.2, 0.25) is 5.91 Å². The summed E-state index contributed by atoms with van der Waals surface area (Å²) in [7, 11) is 4.01. The Hall–Kier alpha value is -2.35. The van der Waals surface area contributed by atoms with E-state index in [-0.39, 0.29) is 12.5 Å². The second-order valence-electron chi connectivity index (χ2n) is 9.27. The average molecular weight is 422 g/mol. The molecule has 166 valence electrons. The standard InChI is InChI=1S/C22H32FN3O4/c1-22(2,3)30-21(28)26-14-18(29-17-8-6-7-15(23)11-17)12-19(26)20(27)25-10-9-16(13-25)24(4)5/h6-8,11,16,18-19H,9-10,12-14H2,1-5H3/t16-,18+,19-/m1/s1. The van der Waals surface area contributed by atoms with Crippen molar-refractivity contribution in [3.63, 3.8) is 0 Å². The fourth-order valence-electron chi connectivity index (χ4n) is 3.95. The molecule has 2 aliphatic heterocycles. The van der Waals surface area contributed by atoms with Gasteiger partial charge in [0, 0.05) is 31.6 Å². The summed E-state index contributed by atoms with van der Waals surface area (Å²) in [5.74, 6) is -0.101. The summed E-state index contributed by atoms with van der Waals surface area (Å²) < 4.78 is 24.9. The van der Waals surface area contributed by atoms with E-state index in [1.165, 1.54) is 17.0 Å². The summed E-state index contributed by atoms with van der Waals surface area (Å²) in [5.41, 5.74) is -0.671. The molecule has 7 nitrogen and oxygen atoms in total. The smallest absolute Gasteiger partial charge is 0.411 e. The highest BCUT2D eigenvalue weighted by atomic mass is 19.1. The van der Waals surface area contributed by atoms with Crippen molar-refractivity contribution in [3.8, 4) is 5.75 Å². The number of halogens is 1. The van der Waals surface area contributed by atoms with E-state index in [4.69, 9.17) is 9.47 Å². The molecule has 3 rings (SSSR count). The van der Waals surface area contributed by atoms with Gasteiger partial charge in [-0.3, -0.25) is 9.69 Å². The number of rotatable bonds is 4. The third kappa shape index (κ3) is 5.41. The molecule has 2 saturated heterocycles. The van der Waals surface area contributed by atoms with E-state index in [9.17, 15) is 14.0 Å². The number of likely N-dealkylation sites (N-methyl/N-ethyl adjacent to an activating group) is 1. The molecule has 2 aliphatic rings. The van der Waals surface area contributed by atoms with Gasteiger partial charge in [0.05, 0.1) is 6.54 Å². The summed E-state index contributed by atoms with van der Waals surface area (Å²) in [6.07, 6.45) is 0.300. The second kappa shape index (κ2) is 8.79. The first kappa shape index (κ1) is 22.3. The van der Waals surface area contributed by atoms with Crippen LogP contribution in [0.15, 0.2) is 24.3 Å². The lowest BCUT2D eigenvalue weighted by Gasteiger charge is -2.30. The first-order valence-electron chi connectivity index (χ1n) is 10.4. The highest BCUT2D eigenvalue weighted by Gasteiger charge is 2.45. The molecule has 1 aromatic carbocycles. The first-order valence-corrected chi connectivity index (χ1v) is 10.4. The summed E-state index contributed by atoms with van der Waals surface area (Å²) in [6, 6.07) is 5.53. The van der Waals surface area contributed by atoms with Crippen molar-refractivity contribution in [1.82, 2.24) is 14.7 Å². The van der Waals surface area contributed by atoms with Gasteiger partial charge in [-0.1, -0.05) is 6.07 Å². The van der Waals surface area contributed by atoms with Crippen LogP contribution in [0.3, 0.4) is 0 Å². The Balaban J connectivity index is 1.75. The molecule has 8 heteroatoms. The summed E-state index contributed by atoms with van der Waals surface area (Å²) >= 11 is 0. The molecule has 1 aromatic rings.